The van der Waals surface area contributed by atoms with Crippen molar-refractivity contribution in [1.29, 1.82) is 0 Å². The van der Waals surface area contributed by atoms with Gasteiger partial charge in [-0.05, 0) is 30.3 Å². The first kappa shape index (κ1) is 13.8. The SMILES string of the molecule is O=C(Nc1cc(F)ccc1F)c1cc(Cl)cc(Cl)c1. The molecule has 0 aromatic heterocycles. The molecule has 0 aliphatic carbocycles. The van der Waals surface area contributed by atoms with Crippen molar-refractivity contribution in [3.8, 4) is 0 Å². The minimum absolute atomic E-state index is 0.154. The van der Waals surface area contributed by atoms with Gasteiger partial charge in [-0.15, -0.1) is 0 Å². The number of halogens is 4. The highest BCUT2D eigenvalue weighted by atomic mass is 35.5. The molecule has 0 fully saturated rings. The summed E-state index contributed by atoms with van der Waals surface area (Å²) in [5.41, 5.74) is -0.0951. The largest absolute Gasteiger partial charge is 0.319 e. The van der Waals surface area contributed by atoms with Crippen LogP contribution in [-0.2, 0) is 0 Å². The number of nitrogens with one attached hydrogen (secondary N) is 1. The molecule has 0 atom stereocenters. The molecule has 98 valence electrons. The Balaban J connectivity index is 2.28. The summed E-state index contributed by atoms with van der Waals surface area (Å²) < 4.78 is 26.3. The first-order valence-electron chi connectivity index (χ1n) is 5.18. The number of carbonyl (C=O) groups is 1. The second-order valence-corrected chi connectivity index (χ2v) is 4.61. The summed E-state index contributed by atoms with van der Waals surface area (Å²) in [5, 5.41) is 2.80. The summed E-state index contributed by atoms with van der Waals surface area (Å²) in [6.45, 7) is 0. The molecule has 0 heterocycles. The van der Waals surface area contributed by atoms with Gasteiger partial charge in [-0.25, -0.2) is 8.78 Å². The number of carbonyl (C=O) groups excluding carboxylic acids is 1. The van der Waals surface area contributed by atoms with Crippen LogP contribution in [0.1, 0.15) is 10.4 Å². The van der Waals surface area contributed by atoms with Gasteiger partial charge in [0.2, 0.25) is 0 Å². The Hall–Kier alpha value is -1.65. The Bertz CT molecular complexity index is 626. The highest BCUT2D eigenvalue weighted by Crippen LogP contribution is 2.21. The topological polar surface area (TPSA) is 29.1 Å². The maximum absolute atomic E-state index is 13.4. The number of amides is 1. The second-order valence-electron chi connectivity index (χ2n) is 3.74. The van der Waals surface area contributed by atoms with Gasteiger partial charge in [0.15, 0.2) is 0 Å². The predicted octanol–water partition coefficient (Wildman–Crippen LogP) is 4.52. The van der Waals surface area contributed by atoms with E-state index in [2.05, 4.69) is 5.32 Å². The zero-order valence-electron chi connectivity index (χ0n) is 9.38. The number of hydrogen-bond acceptors (Lipinski definition) is 1. The van der Waals surface area contributed by atoms with Gasteiger partial charge in [0.1, 0.15) is 11.6 Å². The van der Waals surface area contributed by atoms with E-state index in [-0.39, 0.29) is 21.3 Å². The van der Waals surface area contributed by atoms with Crippen LogP contribution >= 0.6 is 23.2 Å². The minimum atomic E-state index is -0.733. The van der Waals surface area contributed by atoms with E-state index in [1.54, 1.807) is 0 Å². The van der Waals surface area contributed by atoms with Gasteiger partial charge >= 0.3 is 0 Å². The molecule has 0 saturated carbocycles. The van der Waals surface area contributed by atoms with Crippen LogP contribution in [0.4, 0.5) is 14.5 Å². The highest BCUT2D eigenvalue weighted by molar-refractivity contribution is 6.35. The van der Waals surface area contributed by atoms with E-state index in [4.69, 9.17) is 23.2 Å². The van der Waals surface area contributed by atoms with Crippen molar-refractivity contribution >= 4 is 34.8 Å². The Labute approximate surface area is 118 Å². The first-order valence-corrected chi connectivity index (χ1v) is 5.94. The molecule has 1 amide bonds. The molecule has 0 unspecified atom stereocenters. The van der Waals surface area contributed by atoms with Crippen LogP contribution in [0.3, 0.4) is 0 Å². The maximum Gasteiger partial charge on any atom is 0.255 e. The van der Waals surface area contributed by atoms with Crippen LogP contribution in [0.25, 0.3) is 0 Å². The lowest BCUT2D eigenvalue weighted by Gasteiger charge is -2.07. The molecule has 6 heteroatoms. The second kappa shape index (κ2) is 5.55. The molecule has 2 nitrogen and oxygen atoms in total. The average molecular weight is 302 g/mol. The minimum Gasteiger partial charge on any atom is -0.319 e. The molecule has 0 aliphatic heterocycles. The smallest absolute Gasteiger partial charge is 0.255 e. The molecule has 0 saturated heterocycles. The number of hydrogen-bond donors (Lipinski definition) is 1. The van der Waals surface area contributed by atoms with Crippen molar-refractivity contribution in [2.75, 3.05) is 5.32 Å². The van der Waals surface area contributed by atoms with E-state index in [1.807, 2.05) is 0 Å². The standard InChI is InChI=1S/C13H7Cl2F2NO/c14-8-3-7(4-9(15)5-8)13(19)18-12-6-10(16)1-2-11(12)17/h1-6H,(H,18,19). The molecule has 19 heavy (non-hydrogen) atoms. The molecule has 2 aromatic rings. The van der Waals surface area contributed by atoms with E-state index < -0.39 is 17.5 Å². The lowest BCUT2D eigenvalue weighted by molar-refractivity contribution is 0.102. The Kier molecular flexibility index (Phi) is 4.02. The number of benzene rings is 2. The van der Waals surface area contributed by atoms with Crippen LogP contribution in [-0.4, -0.2) is 5.91 Å². The van der Waals surface area contributed by atoms with Crippen molar-refractivity contribution in [1.82, 2.24) is 0 Å². The van der Waals surface area contributed by atoms with Crippen LogP contribution in [0.15, 0.2) is 36.4 Å². The molecule has 0 aliphatic rings. The zero-order valence-corrected chi connectivity index (χ0v) is 10.9. The molecule has 1 N–H and O–H groups in total. The lowest BCUT2D eigenvalue weighted by atomic mass is 10.2. The van der Waals surface area contributed by atoms with Crippen molar-refractivity contribution in [2.45, 2.75) is 0 Å². The van der Waals surface area contributed by atoms with E-state index in [1.165, 1.54) is 18.2 Å². The van der Waals surface area contributed by atoms with Gasteiger partial charge in [0, 0.05) is 21.7 Å². The Morgan fingerprint density at radius 1 is 1.00 bits per heavy atom. The first-order chi connectivity index (χ1) is 8.95. The molecule has 0 bridgehead atoms. The van der Waals surface area contributed by atoms with Gasteiger partial charge in [-0.3, -0.25) is 4.79 Å². The van der Waals surface area contributed by atoms with Crippen LogP contribution in [0.5, 0.6) is 0 Å². The zero-order chi connectivity index (χ0) is 14.0. The van der Waals surface area contributed by atoms with Crippen molar-refractivity contribution in [3.05, 3.63) is 63.6 Å². The van der Waals surface area contributed by atoms with Gasteiger partial charge in [0.05, 0.1) is 5.69 Å². The van der Waals surface area contributed by atoms with Gasteiger partial charge in [-0.2, -0.15) is 0 Å². The molecule has 2 aromatic carbocycles. The lowest BCUT2D eigenvalue weighted by Crippen LogP contribution is -2.13. The summed E-state index contributed by atoms with van der Waals surface area (Å²) in [7, 11) is 0. The summed E-state index contributed by atoms with van der Waals surface area (Å²) in [6.07, 6.45) is 0. The highest BCUT2D eigenvalue weighted by Gasteiger charge is 2.11. The van der Waals surface area contributed by atoms with E-state index in [0.717, 1.165) is 18.2 Å². The third kappa shape index (κ3) is 3.43. The fourth-order valence-electron chi connectivity index (χ4n) is 1.47. The predicted molar refractivity (Wildman–Crippen MR) is 70.8 cm³/mol. The summed E-state index contributed by atoms with van der Waals surface area (Å²) in [6, 6.07) is 6.99. The van der Waals surface area contributed by atoms with Gasteiger partial charge in [-0.1, -0.05) is 23.2 Å². The average Bonchev–Trinajstić information content (AvgIpc) is 2.32. The van der Waals surface area contributed by atoms with Crippen LogP contribution < -0.4 is 5.32 Å². The van der Waals surface area contributed by atoms with Crippen LogP contribution in [0.2, 0.25) is 10.0 Å². The summed E-state index contributed by atoms with van der Waals surface area (Å²) in [4.78, 5) is 11.9. The Morgan fingerprint density at radius 2 is 1.63 bits per heavy atom. The third-order valence-corrected chi connectivity index (χ3v) is 2.74. The van der Waals surface area contributed by atoms with Crippen molar-refractivity contribution in [3.63, 3.8) is 0 Å². The fraction of sp³-hybridized carbons (Fsp3) is 0. The van der Waals surface area contributed by atoms with Crippen LogP contribution in [0, 0.1) is 11.6 Å². The molecular formula is C13H7Cl2F2NO. The van der Waals surface area contributed by atoms with E-state index in [0.29, 0.717) is 0 Å². The van der Waals surface area contributed by atoms with Crippen molar-refractivity contribution < 1.29 is 13.6 Å². The molecule has 0 spiro atoms. The van der Waals surface area contributed by atoms with Gasteiger partial charge < -0.3 is 5.32 Å². The molecule has 0 radical (unpaired) electrons. The van der Waals surface area contributed by atoms with Gasteiger partial charge in [0.25, 0.3) is 5.91 Å². The quantitative estimate of drug-likeness (QED) is 0.868. The molecular weight excluding hydrogens is 295 g/mol. The normalized spacial score (nSPS) is 10.3. The number of rotatable bonds is 2. The van der Waals surface area contributed by atoms with E-state index in [9.17, 15) is 13.6 Å². The monoisotopic (exact) mass is 301 g/mol. The fourth-order valence-corrected chi connectivity index (χ4v) is 2.00. The van der Waals surface area contributed by atoms with Crippen molar-refractivity contribution in [2.24, 2.45) is 0 Å². The van der Waals surface area contributed by atoms with E-state index >= 15 is 0 Å². The summed E-state index contributed by atoms with van der Waals surface area (Å²) >= 11 is 11.5. The maximum atomic E-state index is 13.4. The molecule has 2 rings (SSSR count). The number of anilines is 1. The third-order valence-electron chi connectivity index (χ3n) is 2.30. The Morgan fingerprint density at radius 3 is 2.26 bits per heavy atom. The summed E-state index contributed by atoms with van der Waals surface area (Å²) in [5.74, 6) is -2.02.